The highest BCUT2D eigenvalue weighted by atomic mass is 16.5. The van der Waals surface area contributed by atoms with E-state index in [1.54, 1.807) is 12.5 Å². The van der Waals surface area contributed by atoms with Gasteiger partial charge in [-0.25, -0.2) is 10.4 Å². The van der Waals surface area contributed by atoms with Gasteiger partial charge in [0.25, 0.3) is 5.91 Å². The van der Waals surface area contributed by atoms with Crippen LogP contribution in [-0.2, 0) is 4.79 Å². The van der Waals surface area contributed by atoms with Gasteiger partial charge in [0, 0.05) is 23.5 Å². The smallest absolute Gasteiger partial charge is 0.277 e. The molecule has 6 nitrogen and oxygen atoms in total. The molecule has 2 fully saturated rings. The van der Waals surface area contributed by atoms with Crippen LogP contribution in [0.1, 0.15) is 40.0 Å². The molecule has 2 atom stereocenters. The van der Waals surface area contributed by atoms with Gasteiger partial charge in [-0.15, -0.1) is 0 Å². The van der Waals surface area contributed by atoms with Gasteiger partial charge in [0.2, 0.25) is 0 Å². The molecule has 1 heterocycles. The molecule has 2 unspecified atom stereocenters. The molecule has 1 aromatic heterocycles. The third-order valence-corrected chi connectivity index (χ3v) is 6.83. The number of aromatic nitrogens is 2. The van der Waals surface area contributed by atoms with Crippen LogP contribution in [0, 0.1) is 16.7 Å². The second-order valence-electron chi connectivity index (χ2n) is 8.31. The second kappa shape index (κ2) is 6.51. The van der Waals surface area contributed by atoms with Crippen molar-refractivity contribution in [3.63, 3.8) is 0 Å². The number of hydrogen-bond donors (Lipinski definition) is 1. The standard InChI is InChI=1S/C21H26N4O2/c1-20(2)15-8-9-21(20,3)18(12-15)23-24-19(26)13-27-17-7-5-4-6-16(17)25-11-10-22-14-25/h4-7,10-11,14-15H,8-9,12-13H2,1-3H3,(H,24,26)/b23-18+. The van der Waals surface area contributed by atoms with Crippen LogP contribution in [0.2, 0.25) is 0 Å². The third-order valence-electron chi connectivity index (χ3n) is 6.83. The summed E-state index contributed by atoms with van der Waals surface area (Å²) >= 11 is 0. The Morgan fingerprint density at radius 1 is 1.37 bits per heavy atom. The number of carbonyl (C=O) groups excluding carboxylic acids is 1. The topological polar surface area (TPSA) is 68.5 Å². The molecule has 0 radical (unpaired) electrons. The SMILES string of the molecule is CC12CCC(C/C1=N\NC(=O)COc1ccccc1-n1ccnc1)C2(C)C. The van der Waals surface area contributed by atoms with Crippen LogP contribution in [-0.4, -0.2) is 27.8 Å². The van der Waals surface area contributed by atoms with Crippen LogP contribution < -0.4 is 10.2 Å². The van der Waals surface area contributed by atoms with Crippen LogP contribution >= 0.6 is 0 Å². The molecule has 142 valence electrons. The van der Waals surface area contributed by atoms with E-state index in [1.807, 2.05) is 35.0 Å². The molecule has 6 heteroatoms. The molecule has 1 amide bonds. The number of amides is 1. The van der Waals surface area contributed by atoms with Gasteiger partial charge in [0.15, 0.2) is 6.61 Å². The molecule has 0 aliphatic heterocycles. The average Bonchev–Trinajstić information content (AvgIpc) is 3.31. The zero-order valence-corrected chi connectivity index (χ0v) is 16.1. The minimum atomic E-state index is -0.243. The minimum Gasteiger partial charge on any atom is -0.482 e. The summed E-state index contributed by atoms with van der Waals surface area (Å²) in [7, 11) is 0. The lowest BCUT2D eigenvalue weighted by molar-refractivity contribution is -0.123. The molecule has 0 saturated heterocycles. The summed E-state index contributed by atoms with van der Waals surface area (Å²) in [6, 6.07) is 7.57. The summed E-state index contributed by atoms with van der Waals surface area (Å²) in [6.45, 7) is 6.85. The van der Waals surface area contributed by atoms with Crippen molar-refractivity contribution in [2.45, 2.75) is 40.0 Å². The van der Waals surface area contributed by atoms with Gasteiger partial charge in [-0.3, -0.25) is 4.79 Å². The van der Waals surface area contributed by atoms with Crippen LogP contribution in [0.5, 0.6) is 5.75 Å². The van der Waals surface area contributed by atoms with Gasteiger partial charge in [-0.1, -0.05) is 32.9 Å². The molecule has 2 saturated carbocycles. The van der Waals surface area contributed by atoms with Crippen molar-refractivity contribution in [2.24, 2.45) is 21.8 Å². The summed E-state index contributed by atoms with van der Waals surface area (Å²) in [6.07, 6.45) is 8.63. The Morgan fingerprint density at radius 2 is 2.19 bits per heavy atom. The Morgan fingerprint density at radius 3 is 2.85 bits per heavy atom. The van der Waals surface area contributed by atoms with Crippen LogP contribution in [0.4, 0.5) is 0 Å². The predicted molar refractivity (Wildman–Crippen MR) is 104 cm³/mol. The van der Waals surface area contributed by atoms with Crippen LogP contribution in [0.15, 0.2) is 48.1 Å². The Kier molecular flexibility index (Phi) is 4.29. The number of para-hydroxylation sites is 2. The van der Waals surface area contributed by atoms with E-state index in [2.05, 4.69) is 36.3 Å². The fraction of sp³-hybridized carbons (Fsp3) is 0.476. The average molecular weight is 366 g/mol. The van der Waals surface area contributed by atoms with Gasteiger partial charge < -0.3 is 9.30 Å². The zero-order chi connectivity index (χ0) is 19.1. The summed E-state index contributed by atoms with van der Waals surface area (Å²) < 4.78 is 7.59. The molecule has 0 spiro atoms. The molecule has 4 rings (SSSR count). The lowest BCUT2D eigenvalue weighted by atomic mass is 9.70. The monoisotopic (exact) mass is 366 g/mol. The number of hydrogen-bond acceptors (Lipinski definition) is 4. The number of benzene rings is 1. The molecular formula is C21H26N4O2. The number of rotatable bonds is 5. The predicted octanol–water partition coefficient (Wildman–Crippen LogP) is 3.57. The number of hydrazone groups is 1. The second-order valence-corrected chi connectivity index (χ2v) is 8.31. The normalized spacial score (nSPS) is 27.1. The van der Waals surface area contributed by atoms with E-state index >= 15 is 0 Å². The Bertz CT molecular complexity index is 872. The van der Waals surface area contributed by atoms with Crippen molar-refractivity contribution in [2.75, 3.05) is 6.61 Å². The Hall–Kier alpha value is -2.63. The highest BCUT2D eigenvalue weighted by molar-refractivity contribution is 5.95. The number of ether oxygens (including phenoxy) is 1. The van der Waals surface area contributed by atoms with E-state index in [4.69, 9.17) is 4.74 Å². The van der Waals surface area contributed by atoms with Gasteiger partial charge in [-0.2, -0.15) is 5.10 Å². The maximum atomic E-state index is 12.3. The number of carbonyl (C=O) groups is 1. The van der Waals surface area contributed by atoms with Gasteiger partial charge in [0.1, 0.15) is 5.75 Å². The van der Waals surface area contributed by atoms with Crippen LogP contribution in [0.3, 0.4) is 0 Å². The highest BCUT2D eigenvalue weighted by Crippen LogP contribution is 2.63. The van der Waals surface area contributed by atoms with E-state index < -0.39 is 0 Å². The van der Waals surface area contributed by atoms with Crippen molar-refractivity contribution in [1.29, 1.82) is 0 Å². The van der Waals surface area contributed by atoms with Crippen molar-refractivity contribution >= 4 is 11.6 Å². The zero-order valence-electron chi connectivity index (χ0n) is 16.1. The van der Waals surface area contributed by atoms with Crippen LogP contribution in [0.25, 0.3) is 5.69 Å². The number of nitrogens with one attached hydrogen (secondary N) is 1. The summed E-state index contributed by atoms with van der Waals surface area (Å²) in [5.74, 6) is 1.05. The molecule has 1 N–H and O–H groups in total. The van der Waals surface area contributed by atoms with Gasteiger partial charge in [-0.05, 0) is 42.7 Å². The summed E-state index contributed by atoms with van der Waals surface area (Å²) in [5, 5.41) is 4.48. The summed E-state index contributed by atoms with van der Waals surface area (Å²) in [4.78, 5) is 16.3. The lowest BCUT2D eigenvalue weighted by Crippen LogP contribution is -2.35. The highest BCUT2D eigenvalue weighted by Gasteiger charge is 2.60. The quantitative estimate of drug-likeness (QED) is 0.823. The number of fused-ring (bicyclic) bond motifs is 2. The lowest BCUT2D eigenvalue weighted by Gasteiger charge is -2.34. The van der Waals surface area contributed by atoms with Gasteiger partial charge in [0.05, 0.1) is 12.0 Å². The van der Waals surface area contributed by atoms with Crippen molar-refractivity contribution in [3.05, 3.63) is 43.0 Å². The number of nitrogens with zero attached hydrogens (tertiary/aromatic N) is 3. The molecule has 2 aliphatic carbocycles. The van der Waals surface area contributed by atoms with E-state index in [0.717, 1.165) is 24.2 Å². The third kappa shape index (κ3) is 2.93. The largest absolute Gasteiger partial charge is 0.482 e. The van der Waals surface area contributed by atoms with E-state index in [0.29, 0.717) is 11.7 Å². The summed E-state index contributed by atoms with van der Waals surface area (Å²) in [5.41, 5.74) is 5.00. The minimum absolute atomic E-state index is 0.0774. The first kappa shape index (κ1) is 17.8. The molecule has 2 aliphatic rings. The fourth-order valence-electron chi connectivity index (χ4n) is 4.60. The maximum absolute atomic E-state index is 12.3. The Balaban J connectivity index is 1.39. The molecule has 2 bridgehead atoms. The number of imidazole rings is 1. The first-order valence-electron chi connectivity index (χ1n) is 9.48. The van der Waals surface area contributed by atoms with E-state index in [9.17, 15) is 4.79 Å². The van der Waals surface area contributed by atoms with Crippen molar-refractivity contribution < 1.29 is 9.53 Å². The van der Waals surface area contributed by atoms with Gasteiger partial charge >= 0.3 is 0 Å². The molecule has 27 heavy (non-hydrogen) atoms. The van der Waals surface area contributed by atoms with E-state index in [1.165, 1.54) is 6.42 Å². The first-order chi connectivity index (χ1) is 12.9. The van der Waals surface area contributed by atoms with E-state index in [-0.39, 0.29) is 23.3 Å². The maximum Gasteiger partial charge on any atom is 0.277 e. The molecular weight excluding hydrogens is 340 g/mol. The molecule has 2 aromatic rings. The first-order valence-corrected chi connectivity index (χ1v) is 9.48. The molecule has 1 aromatic carbocycles. The van der Waals surface area contributed by atoms with Crippen molar-refractivity contribution in [1.82, 2.24) is 15.0 Å². The fourth-order valence-corrected chi connectivity index (χ4v) is 4.60. The Labute approximate surface area is 159 Å². The van der Waals surface area contributed by atoms with Crippen molar-refractivity contribution in [3.8, 4) is 11.4 Å².